The molecule has 2 bridgehead atoms. The summed E-state index contributed by atoms with van der Waals surface area (Å²) in [6.45, 7) is 0.908. The van der Waals surface area contributed by atoms with E-state index in [4.69, 9.17) is 5.73 Å². The number of aromatic nitrogens is 3. The molecule has 2 aromatic heterocycles. The second-order valence-electron chi connectivity index (χ2n) is 6.53. The van der Waals surface area contributed by atoms with Gasteiger partial charge < -0.3 is 11.1 Å². The number of nitrogens with one attached hydrogen (secondary N) is 1. The zero-order valence-electron chi connectivity index (χ0n) is 11.9. The number of nitrogens with two attached hydrogens (primary N) is 1. The number of nitrogens with zero attached hydrogens (tertiary/aromatic N) is 3. The van der Waals surface area contributed by atoms with Crippen molar-refractivity contribution in [2.75, 3.05) is 0 Å². The zero-order chi connectivity index (χ0) is 14.4. The molecule has 6 heteroatoms. The first kappa shape index (κ1) is 12.8. The molecule has 0 aliphatic heterocycles. The van der Waals surface area contributed by atoms with Gasteiger partial charge in [-0.05, 0) is 42.2 Å². The van der Waals surface area contributed by atoms with E-state index in [2.05, 4.69) is 15.4 Å². The van der Waals surface area contributed by atoms with Crippen LogP contribution in [0, 0.1) is 11.3 Å². The summed E-state index contributed by atoms with van der Waals surface area (Å²) >= 11 is 0. The summed E-state index contributed by atoms with van der Waals surface area (Å²) in [5.74, 6) is 1.07. The van der Waals surface area contributed by atoms with Crippen molar-refractivity contribution < 1.29 is 4.79 Å². The van der Waals surface area contributed by atoms with E-state index in [-0.39, 0.29) is 5.91 Å². The Morgan fingerprint density at radius 3 is 2.95 bits per heavy atom. The molecule has 1 amide bonds. The molecule has 0 saturated heterocycles. The normalized spacial score (nSPS) is 26.2. The van der Waals surface area contributed by atoms with E-state index in [9.17, 15) is 4.79 Å². The lowest BCUT2D eigenvalue weighted by molar-refractivity contribution is -0.144. The van der Waals surface area contributed by atoms with Gasteiger partial charge in [-0.25, -0.2) is 9.50 Å². The largest absolute Gasteiger partial charge is 0.352 e. The fourth-order valence-corrected chi connectivity index (χ4v) is 3.64. The Bertz CT molecular complexity index is 690. The highest BCUT2D eigenvalue weighted by Crippen LogP contribution is 2.66. The van der Waals surface area contributed by atoms with Crippen molar-refractivity contribution in [3.8, 4) is 0 Å². The van der Waals surface area contributed by atoms with Crippen LogP contribution in [0.2, 0.25) is 0 Å². The quantitative estimate of drug-likeness (QED) is 0.858. The third kappa shape index (κ3) is 2.19. The van der Waals surface area contributed by atoms with Crippen LogP contribution in [0.25, 0.3) is 5.65 Å². The summed E-state index contributed by atoms with van der Waals surface area (Å²) < 4.78 is 1.70. The van der Waals surface area contributed by atoms with E-state index in [1.165, 1.54) is 19.3 Å². The number of carbonyl (C=O) groups is 1. The minimum Gasteiger partial charge on any atom is -0.352 e. The molecule has 3 N–H and O–H groups in total. The number of hydrogen-bond donors (Lipinski definition) is 2. The Morgan fingerprint density at radius 1 is 1.48 bits per heavy atom. The Morgan fingerprint density at radius 2 is 2.29 bits per heavy atom. The molecule has 21 heavy (non-hydrogen) atoms. The molecule has 5 rings (SSSR count). The average Bonchev–Trinajstić information content (AvgIpc) is 2.81. The summed E-state index contributed by atoms with van der Waals surface area (Å²) in [5.41, 5.74) is 8.47. The fraction of sp³-hybridized carbons (Fsp3) is 0.533. The van der Waals surface area contributed by atoms with Crippen molar-refractivity contribution >= 4 is 11.6 Å². The van der Waals surface area contributed by atoms with Crippen molar-refractivity contribution in [3.05, 3.63) is 29.7 Å². The first-order chi connectivity index (χ1) is 10.2. The van der Waals surface area contributed by atoms with Crippen LogP contribution < -0.4 is 11.1 Å². The molecule has 2 aromatic rings. The van der Waals surface area contributed by atoms with Crippen molar-refractivity contribution in [3.63, 3.8) is 0 Å². The van der Waals surface area contributed by atoms with Crippen LogP contribution >= 0.6 is 0 Å². The summed E-state index contributed by atoms with van der Waals surface area (Å²) in [4.78, 5) is 16.4. The van der Waals surface area contributed by atoms with Crippen LogP contribution in [0.5, 0.6) is 0 Å². The van der Waals surface area contributed by atoms with E-state index >= 15 is 0 Å². The SMILES string of the molecule is NCc1cn2ncc(CNC(=O)CC34CC(C3)C4)cc2n1. The molecule has 6 nitrogen and oxygen atoms in total. The molecule has 3 aliphatic rings. The van der Waals surface area contributed by atoms with Crippen LogP contribution in [0.3, 0.4) is 0 Å². The maximum atomic E-state index is 12.0. The standard InChI is InChI=1S/C15H19N5O/c16-6-12-9-20-13(19-12)1-10(8-18-20)7-17-14(21)5-15-2-11(3-15)4-15/h1,8-9,11H,2-7,16H2,(H,17,21). The number of amides is 1. The molecule has 2 heterocycles. The van der Waals surface area contributed by atoms with Crippen molar-refractivity contribution in [1.82, 2.24) is 19.9 Å². The predicted molar refractivity (Wildman–Crippen MR) is 77.1 cm³/mol. The van der Waals surface area contributed by atoms with E-state index in [1.54, 1.807) is 10.7 Å². The van der Waals surface area contributed by atoms with E-state index in [0.717, 1.165) is 22.8 Å². The molecular weight excluding hydrogens is 266 g/mol. The second-order valence-corrected chi connectivity index (χ2v) is 6.53. The summed E-state index contributed by atoms with van der Waals surface area (Å²) in [6.07, 6.45) is 8.02. The predicted octanol–water partition coefficient (Wildman–Crippen LogP) is 0.994. The van der Waals surface area contributed by atoms with Crippen LogP contribution in [0.15, 0.2) is 18.5 Å². The fourth-order valence-electron chi connectivity index (χ4n) is 3.64. The van der Waals surface area contributed by atoms with E-state index in [1.807, 2.05) is 12.3 Å². The van der Waals surface area contributed by atoms with Gasteiger partial charge in [0.25, 0.3) is 0 Å². The molecule has 3 fully saturated rings. The summed E-state index contributed by atoms with van der Waals surface area (Å²) in [5, 5.41) is 7.28. The number of carbonyl (C=O) groups excluding carboxylic acids is 1. The van der Waals surface area contributed by atoms with Crippen LogP contribution in [-0.4, -0.2) is 20.5 Å². The van der Waals surface area contributed by atoms with Gasteiger partial charge in [-0.2, -0.15) is 5.10 Å². The van der Waals surface area contributed by atoms with Gasteiger partial charge >= 0.3 is 0 Å². The molecule has 3 saturated carbocycles. The first-order valence-corrected chi connectivity index (χ1v) is 7.46. The minimum atomic E-state index is 0.152. The lowest BCUT2D eigenvalue weighted by atomic mass is 9.43. The number of fused-ring (bicyclic) bond motifs is 1. The van der Waals surface area contributed by atoms with E-state index in [0.29, 0.717) is 24.9 Å². The molecule has 0 spiro atoms. The monoisotopic (exact) mass is 285 g/mol. The van der Waals surface area contributed by atoms with Gasteiger partial charge in [-0.15, -0.1) is 0 Å². The third-order valence-corrected chi connectivity index (χ3v) is 4.83. The molecule has 0 atom stereocenters. The zero-order valence-corrected chi connectivity index (χ0v) is 11.9. The van der Waals surface area contributed by atoms with Crippen molar-refractivity contribution in [1.29, 1.82) is 0 Å². The molecule has 0 unspecified atom stereocenters. The Balaban J connectivity index is 1.38. The number of rotatable bonds is 5. The Hall–Kier alpha value is -1.95. The van der Waals surface area contributed by atoms with Gasteiger partial charge in [0.1, 0.15) is 0 Å². The van der Waals surface area contributed by atoms with Gasteiger partial charge in [-0.3, -0.25) is 4.79 Å². The molecule has 3 aliphatic carbocycles. The molecular formula is C15H19N5O. The molecule has 0 aromatic carbocycles. The Labute approximate surface area is 122 Å². The highest BCUT2D eigenvalue weighted by molar-refractivity contribution is 5.77. The Kier molecular flexibility index (Phi) is 2.75. The second kappa shape index (κ2) is 4.53. The van der Waals surface area contributed by atoms with Gasteiger partial charge in [0.2, 0.25) is 5.91 Å². The van der Waals surface area contributed by atoms with Gasteiger partial charge in [0.05, 0.1) is 18.1 Å². The van der Waals surface area contributed by atoms with Gasteiger partial charge in [-0.1, -0.05) is 0 Å². The lowest BCUT2D eigenvalue weighted by Gasteiger charge is -2.61. The third-order valence-electron chi connectivity index (χ3n) is 4.83. The average molecular weight is 285 g/mol. The van der Waals surface area contributed by atoms with E-state index < -0.39 is 0 Å². The smallest absolute Gasteiger partial charge is 0.220 e. The first-order valence-electron chi connectivity index (χ1n) is 7.46. The van der Waals surface area contributed by atoms with Gasteiger partial charge in [0, 0.05) is 19.5 Å². The summed E-state index contributed by atoms with van der Waals surface area (Å²) in [7, 11) is 0. The minimum absolute atomic E-state index is 0.152. The van der Waals surface area contributed by atoms with Crippen molar-refractivity contribution in [2.45, 2.75) is 38.8 Å². The topological polar surface area (TPSA) is 85.3 Å². The number of imidazole rings is 1. The van der Waals surface area contributed by atoms with Gasteiger partial charge in [0.15, 0.2) is 5.65 Å². The number of hydrogen-bond acceptors (Lipinski definition) is 4. The maximum Gasteiger partial charge on any atom is 0.220 e. The lowest BCUT2D eigenvalue weighted by Crippen LogP contribution is -2.53. The summed E-state index contributed by atoms with van der Waals surface area (Å²) in [6, 6.07) is 1.94. The van der Waals surface area contributed by atoms with Crippen LogP contribution in [-0.2, 0) is 17.9 Å². The van der Waals surface area contributed by atoms with Crippen LogP contribution in [0.4, 0.5) is 0 Å². The maximum absolute atomic E-state index is 12.0. The van der Waals surface area contributed by atoms with Crippen LogP contribution in [0.1, 0.15) is 36.9 Å². The van der Waals surface area contributed by atoms with Crippen molar-refractivity contribution in [2.24, 2.45) is 17.1 Å². The highest BCUT2D eigenvalue weighted by atomic mass is 16.1. The highest BCUT2D eigenvalue weighted by Gasteiger charge is 2.56. The molecule has 110 valence electrons. The molecule has 0 radical (unpaired) electrons.